The van der Waals surface area contributed by atoms with Crippen LogP contribution in [0.15, 0.2) is 54.9 Å². The van der Waals surface area contributed by atoms with Crippen LogP contribution in [0, 0.1) is 0 Å². The molecular weight excluding hydrogens is 262 g/mol. The molecule has 3 N–H and O–H groups in total. The molecule has 4 heteroatoms. The molecule has 0 bridgehead atoms. The Morgan fingerprint density at radius 3 is 2.48 bits per heavy atom. The zero-order valence-electron chi connectivity index (χ0n) is 12.2. The fraction of sp³-hybridized carbons (Fsp3) is 0.294. The second-order valence-corrected chi connectivity index (χ2v) is 5.13. The second kappa shape index (κ2) is 7.55. The monoisotopic (exact) mass is 283 g/mol. The lowest BCUT2D eigenvalue weighted by atomic mass is 10.0. The summed E-state index contributed by atoms with van der Waals surface area (Å²) in [6.07, 6.45) is 4.51. The Hall–Kier alpha value is -2.20. The molecule has 2 aromatic rings. The van der Waals surface area contributed by atoms with Gasteiger partial charge in [0.15, 0.2) is 0 Å². The predicted octanol–water partition coefficient (Wildman–Crippen LogP) is 2.74. The molecule has 0 fully saturated rings. The number of carbonyl (C=O) groups is 1. The van der Waals surface area contributed by atoms with E-state index in [2.05, 4.69) is 10.3 Å². The number of aromatic nitrogens is 1. The van der Waals surface area contributed by atoms with Crippen LogP contribution < -0.4 is 11.1 Å². The molecule has 0 aliphatic heterocycles. The smallest absolute Gasteiger partial charge is 0.220 e. The lowest BCUT2D eigenvalue weighted by Gasteiger charge is -2.16. The van der Waals surface area contributed by atoms with Crippen molar-refractivity contribution in [3.63, 3.8) is 0 Å². The van der Waals surface area contributed by atoms with Crippen LogP contribution in [0.5, 0.6) is 0 Å². The first-order valence-electron chi connectivity index (χ1n) is 7.16. The highest BCUT2D eigenvalue weighted by atomic mass is 16.1. The standard InChI is InChI=1S/C17H21N3O/c1-13(14-9-11-19-12-10-14)20-17(21)8-7-16(18)15-5-3-2-4-6-15/h2-6,9-13,16H,7-8,18H2,1H3,(H,20,21). The normalized spacial score (nSPS) is 13.4. The summed E-state index contributed by atoms with van der Waals surface area (Å²) in [4.78, 5) is 16.0. The molecule has 0 aliphatic rings. The number of hydrogen-bond donors (Lipinski definition) is 2. The van der Waals surface area contributed by atoms with Gasteiger partial charge in [-0.25, -0.2) is 0 Å². The van der Waals surface area contributed by atoms with E-state index in [4.69, 9.17) is 5.73 Å². The third-order valence-corrected chi connectivity index (χ3v) is 3.49. The number of nitrogens with two attached hydrogens (primary N) is 1. The first-order chi connectivity index (χ1) is 10.2. The highest BCUT2D eigenvalue weighted by Crippen LogP contribution is 2.16. The molecule has 2 rings (SSSR count). The van der Waals surface area contributed by atoms with Crippen molar-refractivity contribution in [3.05, 3.63) is 66.0 Å². The van der Waals surface area contributed by atoms with Crippen molar-refractivity contribution in [1.29, 1.82) is 0 Å². The van der Waals surface area contributed by atoms with Crippen molar-refractivity contribution in [1.82, 2.24) is 10.3 Å². The third kappa shape index (κ3) is 4.68. The second-order valence-electron chi connectivity index (χ2n) is 5.13. The minimum atomic E-state index is -0.104. The minimum absolute atomic E-state index is 0.0192. The van der Waals surface area contributed by atoms with Crippen LogP contribution in [0.1, 0.15) is 43.0 Å². The summed E-state index contributed by atoms with van der Waals surface area (Å²) in [5.74, 6) is 0.0192. The topological polar surface area (TPSA) is 68.0 Å². The maximum atomic E-state index is 12.0. The summed E-state index contributed by atoms with van der Waals surface area (Å²) < 4.78 is 0. The molecule has 1 heterocycles. The number of nitrogens with one attached hydrogen (secondary N) is 1. The van der Waals surface area contributed by atoms with Gasteiger partial charge in [0.25, 0.3) is 0 Å². The van der Waals surface area contributed by atoms with E-state index >= 15 is 0 Å². The number of benzene rings is 1. The Kier molecular flexibility index (Phi) is 5.46. The van der Waals surface area contributed by atoms with Gasteiger partial charge in [-0.05, 0) is 36.6 Å². The minimum Gasteiger partial charge on any atom is -0.350 e. The zero-order chi connectivity index (χ0) is 15.1. The van der Waals surface area contributed by atoms with Gasteiger partial charge in [-0.3, -0.25) is 9.78 Å². The highest BCUT2D eigenvalue weighted by Gasteiger charge is 2.12. The van der Waals surface area contributed by atoms with Gasteiger partial charge >= 0.3 is 0 Å². The van der Waals surface area contributed by atoms with Gasteiger partial charge in [0.2, 0.25) is 5.91 Å². The molecule has 0 saturated carbocycles. The summed E-state index contributed by atoms with van der Waals surface area (Å²) >= 11 is 0. The van der Waals surface area contributed by atoms with Crippen LogP contribution in [0.2, 0.25) is 0 Å². The van der Waals surface area contributed by atoms with Crippen molar-refractivity contribution in [2.45, 2.75) is 31.8 Å². The number of rotatable bonds is 6. The molecule has 2 unspecified atom stereocenters. The SMILES string of the molecule is CC(NC(=O)CCC(N)c1ccccc1)c1ccncc1. The van der Waals surface area contributed by atoms with Gasteiger partial charge in [-0.1, -0.05) is 30.3 Å². The van der Waals surface area contributed by atoms with E-state index in [0.717, 1.165) is 11.1 Å². The first-order valence-corrected chi connectivity index (χ1v) is 7.16. The molecule has 0 spiro atoms. The van der Waals surface area contributed by atoms with Gasteiger partial charge in [0.1, 0.15) is 0 Å². The quantitative estimate of drug-likeness (QED) is 0.856. The number of amides is 1. The Bertz CT molecular complexity index is 557. The van der Waals surface area contributed by atoms with Crippen LogP contribution in [0.25, 0.3) is 0 Å². The van der Waals surface area contributed by atoms with Crippen molar-refractivity contribution < 1.29 is 4.79 Å². The van der Waals surface area contributed by atoms with E-state index in [1.807, 2.05) is 49.4 Å². The summed E-state index contributed by atoms with van der Waals surface area (Å²) in [6, 6.07) is 13.5. The van der Waals surface area contributed by atoms with Crippen LogP contribution in [0.4, 0.5) is 0 Å². The average Bonchev–Trinajstić information content (AvgIpc) is 2.54. The molecule has 1 aromatic heterocycles. The average molecular weight is 283 g/mol. The maximum absolute atomic E-state index is 12.0. The molecule has 0 saturated heterocycles. The van der Waals surface area contributed by atoms with Crippen LogP contribution in [0.3, 0.4) is 0 Å². The van der Waals surface area contributed by atoms with E-state index in [1.54, 1.807) is 12.4 Å². The summed E-state index contributed by atoms with van der Waals surface area (Å²) in [7, 11) is 0. The van der Waals surface area contributed by atoms with E-state index in [0.29, 0.717) is 12.8 Å². The van der Waals surface area contributed by atoms with Gasteiger partial charge in [-0.15, -0.1) is 0 Å². The molecule has 1 amide bonds. The summed E-state index contributed by atoms with van der Waals surface area (Å²) in [6.45, 7) is 1.96. The molecule has 0 radical (unpaired) electrons. The molecule has 21 heavy (non-hydrogen) atoms. The van der Waals surface area contributed by atoms with E-state index in [-0.39, 0.29) is 18.0 Å². The Morgan fingerprint density at radius 1 is 1.14 bits per heavy atom. The summed E-state index contributed by atoms with van der Waals surface area (Å²) in [5, 5.41) is 2.98. The number of nitrogens with zero attached hydrogens (tertiary/aromatic N) is 1. The number of pyridine rings is 1. The fourth-order valence-corrected chi connectivity index (χ4v) is 2.20. The Balaban J connectivity index is 1.80. The molecule has 110 valence electrons. The Labute approximate surface area is 125 Å². The first kappa shape index (κ1) is 15.2. The van der Waals surface area contributed by atoms with Gasteiger partial charge in [0.05, 0.1) is 6.04 Å². The molecule has 1 aromatic carbocycles. The zero-order valence-corrected chi connectivity index (χ0v) is 12.2. The molecular formula is C17H21N3O. The van der Waals surface area contributed by atoms with Crippen molar-refractivity contribution in [2.75, 3.05) is 0 Å². The maximum Gasteiger partial charge on any atom is 0.220 e. The van der Waals surface area contributed by atoms with Gasteiger partial charge in [-0.2, -0.15) is 0 Å². The van der Waals surface area contributed by atoms with Crippen LogP contribution in [-0.2, 0) is 4.79 Å². The third-order valence-electron chi connectivity index (χ3n) is 3.49. The fourth-order valence-electron chi connectivity index (χ4n) is 2.20. The number of hydrogen-bond acceptors (Lipinski definition) is 3. The number of carbonyl (C=O) groups excluding carboxylic acids is 1. The van der Waals surface area contributed by atoms with E-state index < -0.39 is 0 Å². The van der Waals surface area contributed by atoms with Gasteiger partial charge < -0.3 is 11.1 Å². The Morgan fingerprint density at radius 2 is 1.81 bits per heavy atom. The largest absolute Gasteiger partial charge is 0.350 e. The lowest BCUT2D eigenvalue weighted by Crippen LogP contribution is -2.27. The molecule has 2 atom stereocenters. The van der Waals surface area contributed by atoms with Crippen molar-refractivity contribution >= 4 is 5.91 Å². The van der Waals surface area contributed by atoms with Gasteiger partial charge in [0, 0.05) is 24.9 Å². The van der Waals surface area contributed by atoms with Crippen LogP contribution >= 0.6 is 0 Å². The van der Waals surface area contributed by atoms with Crippen molar-refractivity contribution in [3.8, 4) is 0 Å². The molecule has 4 nitrogen and oxygen atoms in total. The van der Waals surface area contributed by atoms with E-state index in [9.17, 15) is 4.79 Å². The van der Waals surface area contributed by atoms with Crippen LogP contribution in [-0.4, -0.2) is 10.9 Å². The summed E-state index contributed by atoms with van der Waals surface area (Å²) in [5.41, 5.74) is 8.21. The lowest BCUT2D eigenvalue weighted by molar-refractivity contribution is -0.121. The van der Waals surface area contributed by atoms with E-state index in [1.165, 1.54) is 0 Å². The highest BCUT2D eigenvalue weighted by molar-refractivity contribution is 5.76. The predicted molar refractivity (Wildman–Crippen MR) is 83.4 cm³/mol. The van der Waals surface area contributed by atoms with Crippen molar-refractivity contribution in [2.24, 2.45) is 5.73 Å². The molecule has 0 aliphatic carbocycles.